The Kier molecular flexibility index (Phi) is 4.76. The van der Waals surface area contributed by atoms with Crippen molar-refractivity contribution in [3.63, 3.8) is 0 Å². The molecule has 1 saturated carbocycles. The molecular weight excluding hydrogens is 368 g/mol. The van der Waals surface area contributed by atoms with Gasteiger partial charge in [-0.25, -0.2) is 0 Å². The van der Waals surface area contributed by atoms with E-state index in [1.54, 1.807) is 29.2 Å². The normalized spacial score (nSPS) is 17.6. The van der Waals surface area contributed by atoms with Crippen LogP contribution in [0.15, 0.2) is 30.6 Å². The third-order valence-corrected chi connectivity index (χ3v) is 5.65. The molecule has 0 unspecified atom stereocenters. The van der Waals surface area contributed by atoms with Crippen molar-refractivity contribution in [3.05, 3.63) is 47.3 Å². The molecule has 0 radical (unpaired) electrons. The molecule has 1 aliphatic carbocycles. The van der Waals surface area contributed by atoms with Gasteiger partial charge in [-0.1, -0.05) is 19.3 Å². The fourth-order valence-electron chi connectivity index (χ4n) is 4.03. The third kappa shape index (κ3) is 3.57. The molecule has 3 amide bonds. The Morgan fingerprint density at radius 3 is 2.41 bits per heavy atom. The lowest BCUT2D eigenvalue weighted by atomic mass is 9.94. The van der Waals surface area contributed by atoms with E-state index in [4.69, 9.17) is 0 Å². The number of carbonyl (C=O) groups excluding carboxylic acids is 3. The van der Waals surface area contributed by atoms with Crippen LogP contribution in [-0.2, 0) is 5.54 Å². The highest BCUT2D eigenvalue weighted by Crippen LogP contribution is 2.31. The summed E-state index contributed by atoms with van der Waals surface area (Å²) in [4.78, 5) is 39.8. The van der Waals surface area contributed by atoms with Crippen molar-refractivity contribution in [1.29, 1.82) is 0 Å². The smallest absolute Gasteiger partial charge is 0.261 e. The van der Waals surface area contributed by atoms with Crippen LogP contribution in [0, 0.1) is 0 Å². The zero-order chi connectivity index (χ0) is 20.8. The Bertz CT molecular complexity index is 980. The summed E-state index contributed by atoms with van der Waals surface area (Å²) in [6.45, 7) is 6.06. The second-order valence-corrected chi connectivity index (χ2v) is 8.83. The van der Waals surface area contributed by atoms with Crippen LogP contribution >= 0.6 is 0 Å². The number of amides is 3. The van der Waals surface area contributed by atoms with Crippen molar-refractivity contribution in [3.8, 4) is 0 Å². The van der Waals surface area contributed by atoms with Crippen molar-refractivity contribution < 1.29 is 14.4 Å². The van der Waals surface area contributed by atoms with Crippen LogP contribution in [-0.4, -0.2) is 38.4 Å². The highest BCUT2D eigenvalue weighted by Gasteiger charge is 2.40. The molecule has 1 N–H and O–H groups in total. The summed E-state index contributed by atoms with van der Waals surface area (Å²) in [5.41, 5.74) is 1.44. The average Bonchev–Trinajstić information content (AvgIpc) is 3.26. The van der Waals surface area contributed by atoms with Crippen LogP contribution in [0.3, 0.4) is 0 Å². The van der Waals surface area contributed by atoms with E-state index in [-0.39, 0.29) is 29.3 Å². The Balaban J connectivity index is 1.54. The fraction of sp³-hybridized carbons (Fsp3) is 0.455. The van der Waals surface area contributed by atoms with E-state index >= 15 is 0 Å². The predicted molar refractivity (Wildman–Crippen MR) is 109 cm³/mol. The van der Waals surface area contributed by atoms with Gasteiger partial charge in [0.2, 0.25) is 0 Å². The molecule has 2 aliphatic rings. The molecule has 0 atom stereocenters. The molecule has 152 valence electrons. The van der Waals surface area contributed by atoms with E-state index in [1.165, 1.54) is 11.0 Å². The third-order valence-electron chi connectivity index (χ3n) is 5.65. The highest BCUT2D eigenvalue weighted by molar-refractivity contribution is 6.22. The lowest BCUT2D eigenvalue weighted by molar-refractivity contribution is 0.0549. The standard InChI is InChI=1S/C22H26N4O3/c1-22(2,3)25-13-15(12-23-25)24-19(27)14-9-10-17-18(11-14)21(29)26(20(17)28)16-7-5-4-6-8-16/h9-13,16H,4-8H2,1-3H3,(H,24,27). The van der Waals surface area contributed by atoms with Crippen LogP contribution in [0.25, 0.3) is 0 Å². The van der Waals surface area contributed by atoms with E-state index in [1.807, 2.05) is 20.8 Å². The number of hydrogen-bond donors (Lipinski definition) is 1. The maximum absolute atomic E-state index is 12.9. The van der Waals surface area contributed by atoms with Crippen LogP contribution in [0.2, 0.25) is 0 Å². The van der Waals surface area contributed by atoms with E-state index in [9.17, 15) is 14.4 Å². The fourth-order valence-corrected chi connectivity index (χ4v) is 4.03. The highest BCUT2D eigenvalue weighted by atomic mass is 16.2. The number of benzene rings is 1. The van der Waals surface area contributed by atoms with Gasteiger partial charge in [0.05, 0.1) is 28.6 Å². The second kappa shape index (κ2) is 7.13. The Morgan fingerprint density at radius 1 is 1.07 bits per heavy atom. The van der Waals surface area contributed by atoms with Gasteiger partial charge in [0.1, 0.15) is 0 Å². The lowest BCUT2D eigenvalue weighted by Crippen LogP contribution is -2.40. The summed E-state index contributed by atoms with van der Waals surface area (Å²) in [6, 6.07) is 4.68. The quantitative estimate of drug-likeness (QED) is 0.802. The molecule has 7 nitrogen and oxygen atoms in total. The molecule has 1 fully saturated rings. The van der Waals surface area contributed by atoms with Crippen LogP contribution in [0.5, 0.6) is 0 Å². The molecule has 0 spiro atoms. The minimum atomic E-state index is -0.336. The predicted octanol–water partition coefficient (Wildman–Crippen LogP) is 3.82. The first-order valence-electron chi connectivity index (χ1n) is 10.1. The van der Waals surface area contributed by atoms with Crippen molar-refractivity contribution in [2.24, 2.45) is 0 Å². The van der Waals surface area contributed by atoms with E-state index in [0.717, 1.165) is 32.1 Å². The van der Waals surface area contributed by atoms with Crippen molar-refractivity contribution in [2.75, 3.05) is 5.32 Å². The summed E-state index contributed by atoms with van der Waals surface area (Å²) in [5, 5.41) is 7.08. The summed E-state index contributed by atoms with van der Waals surface area (Å²) >= 11 is 0. The van der Waals surface area contributed by atoms with Crippen molar-refractivity contribution >= 4 is 23.4 Å². The molecular formula is C22H26N4O3. The zero-order valence-corrected chi connectivity index (χ0v) is 17.1. The average molecular weight is 394 g/mol. The number of anilines is 1. The molecule has 0 bridgehead atoms. The van der Waals surface area contributed by atoms with Gasteiger partial charge in [0, 0.05) is 17.8 Å². The molecule has 4 rings (SSSR count). The van der Waals surface area contributed by atoms with E-state index in [2.05, 4.69) is 10.4 Å². The number of nitrogens with zero attached hydrogens (tertiary/aromatic N) is 3. The number of imide groups is 1. The minimum absolute atomic E-state index is 0.0309. The first-order valence-corrected chi connectivity index (χ1v) is 10.1. The lowest BCUT2D eigenvalue weighted by Gasteiger charge is -2.29. The van der Waals surface area contributed by atoms with Crippen LogP contribution in [0.4, 0.5) is 5.69 Å². The van der Waals surface area contributed by atoms with Crippen molar-refractivity contribution in [1.82, 2.24) is 14.7 Å². The summed E-state index contributed by atoms with van der Waals surface area (Å²) in [6.07, 6.45) is 8.30. The van der Waals surface area contributed by atoms with Gasteiger partial charge in [0.15, 0.2) is 0 Å². The molecule has 1 aromatic heterocycles. The second-order valence-electron chi connectivity index (χ2n) is 8.83. The summed E-state index contributed by atoms with van der Waals surface area (Å²) in [7, 11) is 0. The molecule has 1 aliphatic heterocycles. The van der Waals surface area contributed by atoms with Crippen LogP contribution < -0.4 is 5.32 Å². The van der Waals surface area contributed by atoms with Gasteiger partial charge in [-0.3, -0.25) is 24.0 Å². The Labute approximate surface area is 170 Å². The van der Waals surface area contributed by atoms with Gasteiger partial charge in [-0.15, -0.1) is 0 Å². The van der Waals surface area contributed by atoms with Crippen LogP contribution in [0.1, 0.15) is 83.9 Å². The number of hydrogen-bond acceptors (Lipinski definition) is 4. The van der Waals surface area contributed by atoms with Crippen molar-refractivity contribution in [2.45, 2.75) is 64.5 Å². The summed E-state index contributed by atoms with van der Waals surface area (Å²) in [5.74, 6) is -0.861. The minimum Gasteiger partial charge on any atom is -0.319 e. The zero-order valence-electron chi connectivity index (χ0n) is 17.1. The molecule has 1 aromatic carbocycles. The molecule has 0 saturated heterocycles. The van der Waals surface area contributed by atoms with Gasteiger partial charge < -0.3 is 5.32 Å². The number of carbonyl (C=O) groups is 3. The SMILES string of the molecule is CC(C)(C)n1cc(NC(=O)c2ccc3c(c2)C(=O)N(C2CCCCC2)C3=O)cn1. The number of fused-ring (bicyclic) bond motifs is 1. The maximum atomic E-state index is 12.9. The van der Waals surface area contributed by atoms with Gasteiger partial charge in [-0.2, -0.15) is 5.10 Å². The number of nitrogens with one attached hydrogen (secondary N) is 1. The molecule has 29 heavy (non-hydrogen) atoms. The van der Waals surface area contributed by atoms with Gasteiger partial charge >= 0.3 is 0 Å². The topological polar surface area (TPSA) is 84.3 Å². The van der Waals surface area contributed by atoms with Gasteiger partial charge in [0.25, 0.3) is 17.7 Å². The van der Waals surface area contributed by atoms with Gasteiger partial charge in [-0.05, 0) is 51.8 Å². The number of aromatic nitrogens is 2. The first-order chi connectivity index (χ1) is 13.8. The summed E-state index contributed by atoms with van der Waals surface area (Å²) < 4.78 is 1.77. The molecule has 7 heteroatoms. The Morgan fingerprint density at radius 2 is 1.76 bits per heavy atom. The van der Waals surface area contributed by atoms with E-state index < -0.39 is 0 Å². The molecule has 2 aromatic rings. The largest absolute Gasteiger partial charge is 0.319 e. The van der Waals surface area contributed by atoms with E-state index in [0.29, 0.717) is 22.4 Å². The first kappa shape index (κ1) is 19.4. The Hall–Kier alpha value is -2.96. The number of rotatable bonds is 3. The maximum Gasteiger partial charge on any atom is 0.261 e. The molecule has 2 heterocycles. The monoisotopic (exact) mass is 394 g/mol.